The Morgan fingerprint density at radius 1 is 1.21 bits per heavy atom. The van der Waals surface area contributed by atoms with Gasteiger partial charge in [0.1, 0.15) is 10.6 Å². The Morgan fingerprint density at radius 2 is 1.96 bits per heavy atom. The first-order valence-corrected chi connectivity index (χ1v) is 8.91. The highest BCUT2D eigenvalue weighted by atomic mass is 32.2. The summed E-state index contributed by atoms with van der Waals surface area (Å²) < 4.78 is 32.7. The quantitative estimate of drug-likeness (QED) is 0.919. The third-order valence-electron chi connectivity index (χ3n) is 4.04. The number of benzene rings is 2. The van der Waals surface area contributed by atoms with Crippen molar-refractivity contribution in [1.82, 2.24) is 0 Å². The third kappa shape index (κ3) is 2.71. The molecule has 0 aliphatic carbocycles. The fourth-order valence-corrected chi connectivity index (χ4v) is 4.60. The number of sulfonamides is 1. The van der Waals surface area contributed by atoms with E-state index in [1.54, 1.807) is 30.3 Å². The van der Waals surface area contributed by atoms with Crippen LogP contribution >= 0.6 is 0 Å². The van der Waals surface area contributed by atoms with E-state index >= 15 is 0 Å². The number of carbonyl (C=O) groups is 1. The molecule has 0 fully saturated rings. The van der Waals surface area contributed by atoms with Gasteiger partial charge in [0.25, 0.3) is 10.0 Å². The van der Waals surface area contributed by atoms with E-state index < -0.39 is 16.0 Å². The molecule has 7 heteroatoms. The molecule has 0 spiro atoms. The van der Waals surface area contributed by atoms with E-state index in [9.17, 15) is 13.2 Å². The SMILES string of the molecule is COc1ccccc1S(=O)(=O)N1CCCc2cc(C(=O)O)ccc21. The number of methoxy groups -OCH3 is 1. The molecular formula is C17H17NO5S. The van der Waals surface area contributed by atoms with Crippen LogP contribution in [0.15, 0.2) is 47.4 Å². The maximum atomic E-state index is 13.1. The number of aryl methyl sites for hydroxylation is 1. The third-order valence-corrected chi connectivity index (χ3v) is 5.89. The van der Waals surface area contributed by atoms with Crippen LogP contribution in [-0.4, -0.2) is 33.1 Å². The van der Waals surface area contributed by atoms with E-state index in [1.807, 2.05) is 0 Å². The monoisotopic (exact) mass is 347 g/mol. The van der Waals surface area contributed by atoms with Crippen LogP contribution in [0.2, 0.25) is 0 Å². The Kier molecular flexibility index (Phi) is 4.19. The second kappa shape index (κ2) is 6.16. The molecule has 1 aliphatic heterocycles. The second-order valence-electron chi connectivity index (χ2n) is 5.48. The van der Waals surface area contributed by atoms with Crippen LogP contribution in [0, 0.1) is 0 Å². The van der Waals surface area contributed by atoms with Crippen LogP contribution in [0.25, 0.3) is 0 Å². The van der Waals surface area contributed by atoms with Crippen molar-refractivity contribution in [3.8, 4) is 5.75 Å². The Bertz CT molecular complexity index is 892. The van der Waals surface area contributed by atoms with Crippen LogP contribution in [-0.2, 0) is 16.4 Å². The van der Waals surface area contributed by atoms with Crippen LogP contribution in [0.3, 0.4) is 0 Å². The summed E-state index contributed by atoms with van der Waals surface area (Å²) in [4.78, 5) is 11.2. The molecule has 0 bridgehead atoms. The molecule has 1 aliphatic rings. The first kappa shape index (κ1) is 16.3. The number of carboxylic acids is 1. The van der Waals surface area contributed by atoms with Crippen LogP contribution < -0.4 is 9.04 Å². The predicted octanol–water partition coefficient (Wildman–Crippen LogP) is 2.53. The van der Waals surface area contributed by atoms with Gasteiger partial charge in [-0.05, 0) is 48.7 Å². The molecule has 0 unspecified atom stereocenters. The van der Waals surface area contributed by atoms with Crippen LogP contribution in [0.5, 0.6) is 5.75 Å². The average Bonchev–Trinajstić information content (AvgIpc) is 2.60. The minimum absolute atomic E-state index is 0.0997. The Morgan fingerprint density at radius 3 is 2.67 bits per heavy atom. The molecule has 0 aromatic heterocycles. The Labute approximate surface area is 140 Å². The lowest BCUT2D eigenvalue weighted by atomic mass is 10.0. The summed E-state index contributed by atoms with van der Waals surface area (Å²) in [5.41, 5.74) is 1.40. The predicted molar refractivity (Wildman–Crippen MR) is 89.2 cm³/mol. The zero-order valence-corrected chi connectivity index (χ0v) is 13.9. The average molecular weight is 347 g/mol. The zero-order chi connectivity index (χ0) is 17.3. The van der Waals surface area contributed by atoms with Gasteiger partial charge in [0.2, 0.25) is 0 Å². The second-order valence-corrected chi connectivity index (χ2v) is 7.31. The molecule has 0 radical (unpaired) electrons. The fraction of sp³-hybridized carbons (Fsp3) is 0.235. The van der Waals surface area contributed by atoms with E-state index in [0.717, 1.165) is 5.56 Å². The lowest BCUT2D eigenvalue weighted by Crippen LogP contribution is -2.35. The molecule has 2 aromatic rings. The van der Waals surface area contributed by atoms with E-state index in [-0.39, 0.29) is 16.2 Å². The van der Waals surface area contributed by atoms with Gasteiger partial charge < -0.3 is 9.84 Å². The number of carboxylic acid groups (broad SMARTS) is 1. The number of aromatic carboxylic acids is 1. The van der Waals surface area contributed by atoms with E-state index in [2.05, 4.69) is 0 Å². The summed E-state index contributed by atoms with van der Waals surface area (Å²) in [6.45, 7) is 0.347. The smallest absolute Gasteiger partial charge is 0.335 e. The number of para-hydroxylation sites is 1. The zero-order valence-electron chi connectivity index (χ0n) is 13.1. The minimum Gasteiger partial charge on any atom is -0.495 e. The van der Waals surface area contributed by atoms with Crippen molar-refractivity contribution in [3.63, 3.8) is 0 Å². The molecule has 0 saturated heterocycles. The standard InChI is InChI=1S/C17H17NO5S/c1-23-15-6-2-3-7-16(15)24(21,22)18-10-4-5-12-11-13(17(19)20)8-9-14(12)18/h2-3,6-9,11H,4-5,10H2,1H3,(H,19,20). The lowest BCUT2D eigenvalue weighted by Gasteiger charge is -2.31. The first-order valence-electron chi connectivity index (χ1n) is 7.47. The van der Waals surface area contributed by atoms with Crippen molar-refractivity contribution in [1.29, 1.82) is 0 Å². The van der Waals surface area contributed by atoms with Crippen molar-refractivity contribution in [2.75, 3.05) is 18.0 Å². The molecule has 3 rings (SSSR count). The Balaban J connectivity index is 2.10. The van der Waals surface area contributed by atoms with Gasteiger partial charge in [0, 0.05) is 6.54 Å². The molecule has 1 heterocycles. The van der Waals surface area contributed by atoms with Crippen molar-refractivity contribution in [2.45, 2.75) is 17.7 Å². The molecular weight excluding hydrogens is 330 g/mol. The highest BCUT2D eigenvalue weighted by Gasteiger charge is 2.31. The Hall–Kier alpha value is -2.54. The maximum Gasteiger partial charge on any atom is 0.335 e. The highest BCUT2D eigenvalue weighted by Crippen LogP contribution is 2.35. The van der Waals surface area contributed by atoms with Gasteiger partial charge in [-0.1, -0.05) is 12.1 Å². The van der Waals surface area contributed by atoms with Crippen molar-refractivity contribution in [3.05, 3.63) is 53.6 Å². The van der Waals surface area contributed by atoms with Crippen molar-refractivity contribution in [2.24, 2.45) is 0 Å². The van der Waals surface area contributed by atoms with Crippen molar-refractivity contribution >= 4 is 21.7 Å². The van der Waals surface area contributed by atoms with Gasteiger partial charge in [-0.25, -0.2) is 13.2 Å². The maximum absolute atomic E-state index is 13.1. The van der Waals surface area contributed by atoms with E-state index in [1.165, 1.54) is 23.5 Å². The largest absolute Gasteiger partial charge is 0.495 e. The summed E-state index contributed by atoms with van der Waals surface area (Å²) in [5.74, 6) is -0.741. The molecule has 0 saturated carbocycles. The summed E-state index contributed by atoms with van der Waals surface area (Å²) in [6, 6.07) is 11.0. The molecule has 126 valence electrons. The molecule has 2 aromatic carbocycles. The molecule has 1 N–H and O–H groups in total. The van der Waals surface area contributed by atoms with Gasteiger partial charge in [0.15, 0.2) is 0 Å². The summed E-state index contributed by atoms with van der Waals surface area (Å²) in [6.07, 6.45) is 1.28. The summed E-state index contributed by atoms with van der Waals surface area (Å²) >= 11 is 0. The van der Waals surface area contributed by atoms with E-state index in [4.69, 9.17) is 9.84 Å². The first-order chi connectivity index (χ1) is 11.4. The number of rotatable bonds is 4. The van der Waals surface area contributed by atoms with E-state index in [0.29, 0.717) is 25.1 Å². The number of hydrogen-bond acceptors (Lipinski definition) is 4. The summed E-state index contributed by atoms with van der Waals surface area (Å²) in [5, 5.41) is 9.11. The van der Waals surface area contributed by atoms with Crippen LogP contribution in [0.1, 0.15) is 22.3 Å². The number of nitrogens with zero attached hydrogens (tertiary/aromatic N) is 1. The molecule has 0 amide bonds. The molecule has 0 atom stereocenters. The minimum atomic E-state index is -3.79. The highest BCUT2D eigenvalue weighted by molar-refractivity contribution is 7.93. The normalized spacial score (nSPS) is 14.1. The van der Waals surface area contributed by atoms with Gasteiger partial charge >= 0.3 is 5.97 Å². The molecule has 6 nitrogen and oxygen atoms in total. The number of fused-ring (bicyclic) bond motifs is 1. The summed E-state index contributed by atoms with van der Waals surface area (Å²) in [7, 11) is -2.36. The topological polar surface area (TPSA) is 83.9 Å². The number of anilines is 1. The molecule has 24 heavy (non-hydrogen) atoms. The van der Waals surface area contributed by atoms with Crippen molar-refractivity contribution < 1.29 is 23.1 Å². The van der Waals surface area contributed by atoms with Gasteiger partial charge in [-0.15, -0.1) is 0 Å². The van der Waals surface area contributed by atoms with Crippen LogP contribution in [0.4, 0.5) is 5.69 Å². The van der Waals surface area contributed by atoms with Gasteiger partial charge in [-0.3, -0.25) is 4.31 Å². The van der Waals surface area contributed by atoms with Gasteiger partial charge in [-0.2, -0.15) is 0 Å². The van der Waals surface area contributed by atoms with Gasteiger partial charge in [0.05, 0.1) is 18.4 Å². The number of ether oxygens (including phenoxy) is 1. The fourth-order valence-electron chi connectivity index (χ4n) is 2.90. The lowest BCUT2D eigenvalue weighted by molar-refractivity contribution is 0.0696. The number of hydrogen-bond donors (Lipinski definition) is 1.